The number of allylic oxidation sites excluding steroid dienone is 21. The fourth-order valence-electron chi connectivity index (χ4n) is 5.71. The molecular formula is C40H54O2. The third-order valence-electron chi connectivity index (χ3n) is 8.43. The van der Waals surface area contributed by atoms with Crippen molar-refractivity contribution in [1.29, 1.82) is 0 Å². The van der Waals surface area contributed by atoms with Crippen LogP contribution in [0.4, 0.5) is 0 Å². The maximum absolute atomic E-state index is 12.2. The number of aliphatic hydroxyl groups is 1. The number of hydrogen-bond acceptors (Lipinski definition) is 2. The van der Waals surface area contributed by atoms with E-state index in [0.717, 1.165) is 16.7 Å². The summed E-state index contributed by atoms with van der Waals surface area (Å²) >= 11 is 0. The van der Waals surface area contributed by atoms with Crippen LogP contribution >= 0.6 is 0 Å². The molecule has 0 heterocycles. The minimum Gasteiger partial charge on any atom is -0.385 e. The van der Waals surface area contributed by atoms with Crippen LogP contribution in [-0.2, 0) is 4.79 Å². The molecule has 0 radical (unpaired) electrons. The van der Waals surface area contributed by atoms with E-state index < -0.39 is 6.10 Å². The summed E-state index contributed by atoms with van der Waals surface area (Å²) in [5.74, 6) is 0.353. The van der Waals surface area contributed by atoms with Crippen molar-refractivity contribution in [1.82, 2.24) is 0 Å². The van der Waals surface area contributed by atoms with Crippen molar-refractivity contribution in [3.8, 4) is 0 Å². The molecule has 0 aromatic carbocycles. The molecule has 2 atom stereocenters. The van der Waals surface area contributed by atoms with Crippen molar-refractivity contribution < 1.29 is 9.90 Å². The molecule has 0 fully saturated rings. The van der Waals surface area contributed by atoms with Crippen LogP contribution < -0.4 is 0 Å². The zero-order valence-corrected chi connectivity index (χ0v) is 27.8. The van der Waals surface area contributed by atoms with Crippen LogP contribution in [-0.4, -0.2) is 17.0 Å². The van der Waals surface area contributed by atoms with Gasteiger partial charge in [-0.1, -0.05) is 147 Å². The van der Waals surface area contributed by atoms with Gasteiger partial charge in [-0.2, -0.15) is 0 Å². The van der Waals surface area contributed by atoms with Gasteiger partial charge in [0.25, 0.3) is 0 Å². The Morgan fingerprint density at radius 3 is 1.83 bits per heavy atom. The van der Waals surface area contributed by atoms with Crippen molar-refractivity contribution >= 4 is 5.78 Å². The lowest BCUT2D eigenvalue weighted by Crippen LogP contribution is -2.35. The Morgan fingerprint density at radius 1 is 0.786 bits per heavy atom. The molecule has 0 unspecified atom stereocenters. The van der Waals surface area contributed by atoms with Gasteiger partial charge >= 0.3 is 0 Å². The van der Waals surface area contributed by atoms with Gasteiger partial charge in [0, 0.05) is 5.92 Å². The Balaban J connectivity index is 1.91. The summed E-state index contributed by atoms with van der Waals surface area (Å²) in [6.07, 6.45) is 34.1. The molecule has 226 valence electrons. The summed E-state index contributed by atoms with van der Waals surface area (Å²) in [6, 6.07) is 0. The van der Waals surface area contributed by atoms with E-state index in [1.165, 1.54) is 29.6 Å². The maximum atomic E-state index is 12.2. The van der Waals surface area contributed by atoms with Gasteiger partial charge in [0.15, 0.2) is 5.78 Å². The van der Waals surface area contributed by atoms with Gasteiger partial charge < -0.3 is 5.11 Å². The minimum absolute atomic E-state index is 0.160. The highest BCUT2D eigenvalue weighted by molar-refractivity contribution is 6.00. The first-order valence-corrected chi connectivity index (χ1v) is 15.3. The summed E-state index contributed by atoms with van der Waals surface area (Å²) in [4.78, 5) is 12.2. The van der Waals surface area contributed by atoms with Crippen molar-refractivity contribution in [2.45, 2.75) is 94.6 Å². The number of carbonyl (C=O) groups excluding carboxylic acids is 1. The van der Waals surface area contributed by atoms with E-state index >= 15 is 0 Å². The van der Waals surface area contributed by atoms with E-state index in [4.69, 9.17) is 0 Å². The third kappa shape index (κ3) is 10.9. The topological polar surface area (TPSA) is 37.3 Å². The van der Waals surface area contributed by atoms with E-state index in [9.17, 15) is 9.90 Å². The van der Waals surface area contributed by atoms with Gasteiger partial charge in [0.2, 0.25) is 0 Å². The average Bonchev–Trinajstić information content (AvgIpc) is 2.88. The maximum Gasteiger partial charge on any atom is 0.187 e. The van der Waals surface area contributed by atoms with Gasteiger partial charge in [-0.05, 0) is 82.8 Å². The van der Waals surface area contributed by atoms with Crippen LogP contribution in [0.1, 0.15) is 88.5 Å². The fraction of sp³-hybridized carbons (Fsp3) is 0.425. The number of hydrogen-bond donors (Lipinski definition) is 1. The van der Waals surface area contributed by atoms with Crippen LogP contribution in [0.3, 0.4) is 0 Å². The van der Waals surface area contributed by atoms with Gasteiger partial charge in [-0.15, -0.1) is 0 Å². The first-order chi connectivity index (χ1) is 19.6. The van der Waals surface area contributed by atoms with Crippen LogP contribution in [0, 0.1) is 16.7 Å². The van der Waals surface area contributed by atoms with Gasteiger partial charge in [0.05, 0.1) is 0 Å². The number of carbonyl (C=O) groups is 1. The van der Waals surface area contributed by atoms with Crippen molar-refractivity contribution in [2.75, 3.05) is 0 Å². The second-order valence-corrected chi connectivity index (χ2v) is 13.4. The van der Waals surface area contributed by atoms with Crippen molar-refractivity contribution in [2.24, 2.45) is 16.7 Å². The Bertz CT molecular complexity index is 1320. The zero-order valence-electron chi connectivity index (χ0n) is 27.8. The first kappa shape index (κ1) is 35.0. The first-order valence-electron chi connectivity index (χ1n) is 15.3. The van der Waals surface area contributed by atoms with E-state index in [1.807, 2.05) is 32.1 Å². The molecule has 0 aliphatic heterocycles. The third-order valence-corrected chi connectivity index (χ3v) is 8.43. The van der Waals surface area contributed by atoms with Crippen LogP contribution in [0.2, 0.25) is 0 Å². The van der Waals surface area contributed by atoms with Gasteiger partial charge in [0.1, 0.15) is 6.10 Å². The van der Waals surface area contributed by atoms with E-state index in [2.05, 4.69) is 128 Å². The second-order valence-electron chi connectivity index (χ2n) is 13.4. The largest absolute Gasteiger partial charge is 0.385 e. The molecule has 0 saturated carbocycles. The smallest absolute Gasteiger partial charge is 0.187 e. The highest BCUT2D eigenvalue weighted by Gasteiger charge is 2.36. The minimum atomic E-state index is -0.892. The van der Waals surface area contributed by atoms with Crippen LogP contribution in [0.5, 0.6) is 0 Å². The molecule has 1 N–H and O–H groups in total. The van der Waals surface area contributed by atoms with Crippen molar-refractivity contribution in [3.05, 3.63) is 130 Å². The second kappa shape index (κ2) is 15.8. The molecule has 0 saturated heterocycles. The molecule has 2 aliphatic carbocycles. The molecule has 0 aromatic rings. The molecule has 0 amide bonds. The summed E-state index contributed by atoms with van der Waals surface area (Å²) in [5, 5.41) is 10.0. The number of aliphatic hydroxyl groups excluding tert-OH is 1. The predicted molar refractivity (Wildman–Crippen MR) is 183 cm³/mol. The highest BCUT2D eigenvalue weighted by Crippen LogP contribution is 2.42. The fourth-order valence-corrected chi connectivity index (χ4v) is 5.71. The molecule has 0 bridgehead atoms. The SMILES string of the molecule is CC(C=CC=C(C)C=CC1=C(C)C(=O)[C@@H](O)CC1(C)C)=CC=CC=C(C)C=CC=C(C)C=C[C@H]1C(C)=CCCC1(C)C. The number of ketones is 1. The normalized spacial score (nSPS) is 24.8. The number of rotatable bonds is 10. The lowest BCUT2D eigenvalue weighted by molar-refractivity contribution is -0.125. The Morgan fingerprint density at radius 2 is 1.29 bits per heavy atom. The van der Waals surface area contributed by atoms with E-state index in [0.29, 0.717) is 23.3 Å². The quantitative estimate of drug-likeness (QED) is 0.211. The monoisotopic (exact) mass is 566 g/mol. The molecule has 2 rings (SSSR count). The summed E-state index contributed by atoms with van der Waals surface area (Å²) in [7, 11) is 0. The summed E-state index contributed by atoms with van der Waals surface area (Å²) < 4.78 is 0. The van der Waals surface area contributed by atoms with E-state index in [1.54, 1.807) is 0 Å². The predicted octanol–water partition coefficient (Wildman–Crippen LogP) is 10.6. The standard InChI is InChI=1S/C40H54O2/c1-29(18-13-20-31(3)23-25-35-33(5)22-15-27-39(35,7)8)16-11-12-17-30(2)19-14-21-32(4)24-26-36-34(6)38(42)37(41)28-40(36,9)10/h11-14,16-26,35,37,41H,15,27-28H2,1-10H3/t35-,37-/m0/s1. The lowest BCUT2D eigenvalue weighted by atomic mass is 9.68. The Kier molecular flexibility index (Phi) is 13.2. The van der Waals surface area contributed by atoms with Crippen LogP contribution in [0.15, 0.2) is 130 Å². The van der Waals surface area contributed by atoms with Gasteiger partial charge in [-0.3, -0.25) is 4.79 Å². The number of Topliss-reactive ketones (excluding diaryl/α,β-unsaturated/α-hetero) is 1. The molecule has 0 spiro atoms. The Labute approximate surface area is 256 Å². The van der Waals surface area contributed by atoms with Gasteiger partial charge in [-0.25, -0.2) is 0 Å². The summed E-state index contributed by atoms with van der Waals surface area (Å²) in [5.41, 5.74) is 7.96. The Hall–Kier alpha value is -3.23. The van der Waals surface area contributed by atoms with E-state index in [-0.39, 0.29) is 11.2 Å². The molecule has 2 nitrogen and oxygen atoms in total. The molecular weight excluding hydrogens is 512 g/mol. The lowest BCUT2D eigenvalue weighted by Gasteiger charge is -2.36. The zero-order chi connectivity index (χ0) is 31.5. The summed E-state index contributed by atoms with van der Waals surface area (Å²) in [6.45, 7) is 21.4. The molecule has 42 heavy (non-hydrogen) atoms. The highest BCUT2D eigenvalue weighted by atomic mass is 16.3. The average molecular weight is 567 g/mol. The van der Waals surface area contributed by atoms with Crippen molar-refractivity contribution in [3.63, 3.8) is 0 Å². The molecule has 2 aliphatic rings. The van der Waals surface area contributed by atoms with Crippen LogP contribution in [0.25, 0.3) is 0 Å². The molecule has 0 aromatic heterocycles. The molecule has 2 heteroatoms.